The molecule has 1 saturated heterocycles. The standard InChI is InChI=1S/C25H30N4O3/c1-2-3-13-29-21-9-5-4-8-20(21)27-25(29)28-12-6-7-19(16-28)24(30)26-15-18-10-11-22-23(14-18)32-17-31-22/h4-5,8-11,14,19H,2-3,6-7,12-13,15-17H2,1H3,(H,26,30)/t19-/m1/s1. The van der Waals surface area contributed by atoms with E-state index in [-0.39, 0.29) is 18.6 Å². The van der Waals surface area contributed by atoms with E-state index in [1.165, 1.54) is 5.52 Å². The summed E-state index contributed by atoms with van der Waals surface area (Å²) in [7, 11) is 0. The number of amides is 1. The predicted octanol–water partition coefficient (Wildman–Crippen LogP) is 4.10. The highest BCUT2D eigenvalue weighted by Gasteiger charge is 2.28. The van der Waals surface area contributed by atoms with Gasteiger partial charge < -0.3 is 24.3 Å². The lowest BCUT2D eigenvalue weighted by Crippen LogP contribution is -2.43. The molecule has 0 unspecified atom stereocenters. The number of carbonyl (C=O) groups is 1. The molecule has 0 radical (unpaired) electrons. The Bertz CT molecular complexity index is 1110. The number of hydrogen-bond donors (Lipinski definition) is 1. The summed E-state index contributed by atoms with van der Waals surface area (Å²) in [4.78, 5) is 20.2. The molecule has 7 nitrogen and oxygen atoms in total. The molecule has 0 aliphatic carbocycles. The van der Waals surface area contributed by atoms with Gasteiger partial charge >= 0.3 is 0 Å². The predicted molar refractivity (Wildman–Crippen MR) is 124 cm³/mol. The Morgan fingerprint density at radius 3 is 2.97 bits per heavy atom. The summed E-state index contributed by atoms with van der Waals surface area (Å²) in [5, 5.41) is 3.12. The van der Waals surface area contributed by atoms with Crippen molar-refractivity contribution in [1.29, 1.82) is 0 Å². The number of imidazole rings is 1. The lowest BCUT2D eigenvalue weighted by Gasteiger charge is -2.33. The minimum atomic E-state index is -0.0443. The first-order valence-electron chi connectivity index (χ1n) is 11.6. The Morgan fingerprint density at radius 2 is 2.06 bits per heavy atom. The average Bonchev–Trinajstić information content (AvgIpc) is 3.45. The van der Waals surface area contributed by atoms with Crippen molar-refractivity contribution < 1.29 is 14.3 Å². The van der Waals surface area contributed by atoms with E-state index in [4.69, 9.17) is 14.5 Å². The average molecular weight is 435 g/mol. The minimum absolute atomic E-state index is 0.0443. The lowest BCUT2D eigenvalue weighted by molar-refractivity contribution is -0.125. The summed E-state index contributed by atoms with van der Waals surface area (Å²) in [5.41, 5.74) is 3.20. The smallest absolute Gasteiger partial charge is 0.231 e. The third-order valence-corrected chi connectivity index (χ3v) is 6.35. The van der Waals surface area contributed by atoms with Crippen LogP contribution >= 0.6 is 0 Å². The summed E-state index contributed by atoms with van der Waals surface area (Å²) in [5.74, 6) is 2.55. The molecule has 7 heteroatoms. The number of ether oxygens (including phenoxy) is 2. The highest BCUT2D eigenvalue weighted by molar-refractivity contribution is 5.81. The van der Waals surface area contributed by atoms with Crippen molar-refractivity contribution in [2.24, 2.45) is 5.92 Å². The van der Waals surface area contributed by atoms with E-state index in [0.29, 0.717) is 13.1 Å². The van der Waals surface area contributed by atoms with Gasteiger partial charge in [0.2, 0.25) is 18.6 Å². The molecular formula is C25H30N4O3. The van der Waals surface area contributed by atoms with Crippen LogP contribution in [-0.2, 0) is 17.9 Å². The Balaban J connectivity index is 1.27. The van der Waals surface area contributed by atoms with Gasteiger partial charge in [-0.25, -0.2) is 4.98 Å². The zero-order valence-electron chi connectivity index (χ0n) is 18.5. The van der Waals surface area contributed by atoms with Crippen molar-refractivity contribution in [3.8, 4) is 11.5 Å². The number of rotatable bonds is 7. The van der Waals surface area contributed by atoms with E-state index >= 15 is 0 Å². The van der Waals surface area contributed by atoms with Gasteiger partial charge in [0, 0.05) is 26.2 Å². The Morgan fingerprint density at radius 1 is 1.19 bits per heavy atom. The Labute approximate surface area is 188 Å². The number of piperidine rings is 1. The topological polar surface area (TPSA) is 68.6 Å². The molecule has 0 bridgehead atoms. The summed E-state index contributed by atoms with van der Waals surface area (Å²) in [6.45, 7) is 5.53. The third-order valence-electron chi connectivity index (χ3n) is 6.35. The van der Waals surface area contributed by atoms with E-state index in [9.17, 15) is 4.79 Å². The van der Waals surface area contributed by atoms with Crippen molar-refractivity contribution in [2.45, 2.75) is 45.7 Å². The molecule has 0 spiro atoms. The van der Waals surface area contributed by atoms with Gasteiger partial charge in [0.1, 0.15) is 0 Å². The van der Waals surface area contributed by atoms with E-state index in [2.05, 4.69) is 39.9 Å². The quantitative estimate of drug-likeness (QED) is 0.606. The van der Waals surface area contributed by atoms with Crippen LogP contribution in [0.4, 0.5) is 5.95 Å². The van der Waals surface area contributed by atoms with Gasteiger partial charge in [0.25, 0.3) is 0 Å². The highest BCUT2D eigenvalue weighted by atomic mass is 16.7. The number of unbranched alkanes of at least 4 members (excludes halogenated alkanes) is 1. The van der Waals surface area contributed by atoms with Gasteiger partial charge in [-0.05, 0) is 49.1 Å². The summed E-state index contributed by atoms with van der Waals surface area (Å²) in [6.07, 6.45) is 4.13. The molecular weight excluding hydrogens is 404 g/mol. The van der Waals surface area contributed by atoms with Crippen molar-refractivity contribution >= 4 is 22.9 Å². The molecule has 2 aliphatic rings. The zero-order chi connectivity index (χ0) is 21.9. The fourth-order valence-corrected chi connectivity index (χ4v) is 4.60. The van der Waals surface area contributed by atoms with Crippen LogP contribution < -0.4 is 19.7 Å². The van der Waals surface area contributed by atoms with Crippen LogP contribution in [0.1, 0.15) is 38.2 Å². The van der Waals surface area contributed by atoms with Gasteiger partial charge in [-0.3, -0.25) is 4.79 Å². The van der Waals surface area contributed by atoms with Gasteiger partial charge in [0.05, 0.1) is 17.0 Å². The second-order valence-corrected chi connectivity index (χ2v) is 8.60. The summed E-state index contributed by atoms with van der Waals surface area (Å²) in [6, 6.07) is 14.1. The normalized spacial score (nSPS) is 17.7. The largest absolute Gasteiger partial charge is 0.454 e. The second-order valence-electron chi connectivity index (χ2n) is 8.60. The zero-order valence-corrected chi connectivity index (χ0v) is 18.5. The molecule has 2 aliphatic heterocycles. The van der Waals surface area contributed by atoms with E-state index in [1.807, 2.05) is 24.3 Å². The minimum Gasteiger partial charge on any atom is -0.454 e. The number of nitrogens with one attached hydrogen (secondary N) is 1. The van der Waals surface area contributed by atoms with E-state index < -0.39 is 0 Å². The van der Waals surface area contributed by atoms with Gasteiger partial charge in [-0.2, -0.15) is 0 Å². The lowest BCUT2D eigenvalue weighted by atomic mass is 9.97. The van der Waals surface area contributed by atoms with E-state index in [0.717, 1.165) is 67.3 Å². The van der Waals surface area contributed by atoms with Crippen LogP contribution in [0.25, 0.3) is 11.0 Å². The van der Waals surface area contributed by atoms with Gasteiger partial charge in [-0.15, -0.1) is 0 Å². The van der Waals surface area contributed by atoms with Crippen LogP contribution in [0.15, 0.2) is 42.5 Å². The number of aryl methyl sites for hydroxylation is 1. The first-order valence-corrected chi connectivity index (χ1v) is 11.6. The number of hydrogen-bond acceptors (Lipinski definition) is 5. The van der Waals surface area contributed by atoms with Gasteiger partial charge in [0.15, 0.2) is 11.5 Å². The fourth-order valence-electron chi connectivity index (χ4n) is 4.60. The summed E-state index contributed by atoms with van der Waals surface area (Å²) < 4.78 is 13.1. The maximum atomic E-state index is 13.0. The van der Waals surface area contributed by atoms with Crippen LogP contribution in [0.3, 0.4) is 0 Å². The van der Waals surface area contributed by atoms with E-state index in [1.54, 1.807) is 0 Å². The van der Waals surface area contributed by atoms with Crippen molar-refractivity contribution in [1.82, 2.24) is 14.9 Å². The number of nitrogens with zero attached hydrogens (tertiary/aromatic N) is 3. The number of aromatic nitrogens is 2. The van der Waals surface area contributed by atoms with Crippen molar-refractivity contribution in [2.75, 3.05) is 24.8 Å². The first kappa shape index (κ1) is 20.7. The molecule has 0 saturated carbocycles. The Hall–Kier alpha value is -3.22. The molecule has 2 aromatic carbocycles. The number of carbonyl (C=O) groups excluding carboxylic acids is 1. The maximum absolute atomic E-state index is 13.0. The SMILES string of the molecule is CCCCn1c(N2CCC[C@@H](C(=O)NCc3ccc4c(c3)OCO4)C2)nc2ccccc21. The van der Waals surface area contributed by atoms with Gasteiger partial charge in [-0.1, -0.05) is 31.5 Å². The van der Waals surface area contributed by atoms with Crippen LogP contribution in [-0.4, -0.2) is 35.3 Å². The fraction of sp³-hybridized carbons (Fsp3) is 0.440. The van der Waals surface area contributed by atoms with Crippen LogP contribution in [0, 0.1) is 5.92 Å². The molecule has 1 atom stereocenters. The number of para-hydroxylation sites is 2. The molecule has 32 heavy (non-hydrogen) atoms. The highest BCUT2D eigenvalue weighted by Crippen LogP contribution is 2.32. The third kappa shape index (κ3) is 4.11. The van der Waals surface area contributed by atoms with Crippen molar-refractivity contribution in [3.63, 3.8) is 0 Å². The number of benzene rings is 2. The molecule has 3 heterocycles. The number of fused-ring (bicyclic) bond motifs is 2. The first-order chi connectivity index (χ1) is 15.7. The van der Waals surface area contributed by atoms with Crippen LogP contribution in [0.2, 0.25) is 0 Å². The van der Waals surface area contributed by atoms with Crippen molar-refractivity contribution in [3.05, 3.63) is 48.0 Å². The molecule has 1 N–H and O–H groups in total. The molecule has 1 amide bonds. The molecule has 5 rings (SSSR count). The monoisotopic (exact) mass is 434 g/mol. The van der Waals surface area contributed by atoms with Crippen LogP contribution in [0.5, 0.6) is 11.5 Å². The molecule has 168 valence electrons. The molecule has 1 fully saturated rings. The summed E-state index contributed by atoms with van der Waals surface area (Å²) >= 11 is 0. The second kappa shape index (κ2) is 9.10. The number of anilines is 1. The molecule has 3 aromatic rings. The Kier molecular flexibility index (Phi) is 5.88. The molecule has 1 aromatic heterocycles. The maximum Gasteiger partial charge on any atom is 0.231 e.